The molecule has 1 atom stereocenters. The molecule has 0 aliphatic carbocycles. The van der Waals surface area contributed by atoms with Gasteiger partial charge >= 0.3 is 0 Å². The number of aromatic nitrogens is 2. The van der Waals surface area contributed by atoms with Crippen molar-refractivity contribution in [2.45, 2.75) is 19.5 Å². The van der Waals surface area contributed by atoms with Crippen LogP contribution < -0.4 is 0 Å². The van der Waals surface area contributed by atoms with E-state index in [9.17, 15) is 0 Å². The normalized spacial score (nSPS) is 17.6. The Morgan fingerprint density at radius 2 is 1.88 bits per heavy atom. The lowest BCUT2D eigenvalue weighted by molar-refractivity contribution is 0.0845. The Labute approximate surface area is 151 Å². The van der Waals surface area contributed by atoms with E-state index >= 15 is 0 Å². The van der Waals surface area contributed by atoms with Crippen LogP contribution in [0.2, 0.25) is 0 Å². The van der Waals surface area contributed by atoms with Crippen molar-refractivity contribution in [2.75, 3.05) is 26.2 Å². The molecule has 4 rings (SSSR count). The van der Waals surface area contributed by atoms with Crippen molar-refractivity contribution >= 4 is 11.3 Å². The van der Waals surface area contributed by atoms with E-state index in [-0.39, 0.29) is 6.04 Å². The van der Waals surface area contributed by atoms with Gasteiger partial charge in [-0.1, -0.05) is 41.6 Å². The Morgan fingerprint density at radius 3 is 2.60 bits per heavy atom. The number of nitrogens with zero attached hydrogens (tertiary/aromatic N) is 4. The molecule has 1 aliphatic heterocycles. The Balaban J connectivity index is 1.34. The second-order valence-corrected chi connectivity index (χ2v) is 7.35. The third-order valence-corrected chi connectivity index (χ3v) is 5.61. The predicted molar refractivity (Wildman–Crippen MR) is 99.3 cm³/mol. The van der Waals surface area contributed by atoms with Gasteiger partial charge in [0, 0.05) is 32.7 Å². The van der Waals surface area contributed by atoms with Gasteiger partial charge in [-0.2, -0.15) is 4.98 Å². The molecule has 0 N–H and O–H groups in total. The van der Waals surface area contributed by atoms with Crippen LogP contribution in [0.1, 0.15) is 24.4 Å². The molecule has 2 aromatic heterocycles. The van der Waals surface area contributed by atoms with Gasteiger partial charge in [-0.05, 0) is 23.9 Å². The molecule has 25 heavy (non-hydrogen) atoms. The fourth-order valence-electron chi connectivity index (χ4n) is 3.22. The second-order valence-electron chi connectivity index (χ2n) is 6.41. The first-order chi connectivity index (χ1) is 12.3. The second kappa shape index (κ2) is 7.47. The summed E-state index contributed by atoms with van der Waals surface area (Å²) in [5, 5.41) is 6.16. The lowest BCUT2D eigenvalue weighted by Crippen LogP contribution is -2.46. The minimum absolute atomic E-state index is 0.153. The summed E-state index contributed by atoms with van der Waals surface area (Å²) < 4.78 is 5.52. The highest BCUT2D eigenvalue weighted by molar-refractivity contribution is 7.13. The summed E-state index contributed by atoms with van der Waals surface area (Å²) in [6.07, 6.45) is 0. The first-order valence-electron chi connectivity index (χ1n) is 8.67. The van der Waals surface area contributed by atoms with Crippen LogP contribution in [0.15, 0.2) is 52.4 Å². The third kappa shape index (κ3) is 3.81. The van der Waals surface area contributed by atoms with Gasteiger partial charge in [-0.25, -0.2) is 0 Å². The molecular weight excluding hydrogens is 332 g/mol. The minimum atomic E-state index is 0.153. The third-order valence-electron chi connectivity index (χ3n) is 4.74. The number of piperazine rings is 1. The molecule has 1 aliphatic rings. The summed E-state index contributed by atoms with van der Waals surface area (Å²) in [5.74, 6) is 1.40. The van der Waals surface area contributed by atoms with Crippen LogP contribution in [0.25, 0.3) is 10.7 Å². The van der Waals surface area contributed by atoms with Crippen molar-refractivity contribution in [2.24, 2.45) is 0 Å². The van der Waals surface area contributed by atoms with Gasteiger partial charge in [0.15, 0.2) is 0 Å². The summed E-state index contributed by atoms with van der Waals surface area (Å²) in [6, 6.07) is 14.8. The number of hydrogen-bond donors (Lipinski definition) is 0. The lowest BCUT2D eigenvalue weighted by Gasteiger charge is -2.36. The average Bonchev–Trinajstić information content (AvgIpc) is 3.34. The van der Waals surface area contributed by atoms with Crippen LogP contribution in [-0.4, -0.2) is 46.1 Å². The highest BCUT2D eigenvalue weighted by Gasteiger charge is 2.26. The van der Waals surface area contributed by atoms with E-state index in [1.54, 1.807) is 11.3 Å². The molecule has 3 heterocycles. The quantitative estimate of drug-likeness (QED) is 0.699. The smallest absolute Gasteiger partial charge is 0.244 e. The minimum Gasteiger partial charge on any atom is -0.337 e. The monoisotopic (exact) mass is 354 g/mol. The summed E-state index contributed by atoms with van der Waals surface area (Å²) in [7, 11) is 0. The Kier molecular flexibility index (Phi) is 4.92. The summed E-state index contributed by atoms with van der Waals surface area (Å²) in [5.41, 5.74) is 1.38. The van der Waals surface area contributed by atoms with E-state index in [1.165, 1.54) is 5.56 Å². The fraction of sp³-hybridized carbons (Fsp3) is 0.368. The molecule has 0 amide bonds. The SMILES string of the molecule is CC(c1nc(-c2cccs2)no1)N1CCN(Cc2ccccc2)CC1. The molecule has 0 bridgehead atoms. The van der Waals surface area contributed by atoms with Crippen molar-refractivity contribution in [1.29, 1.82) is 0 Å². The van der Waals surface area contributed by atoms with Crippen LogP contribution >= 0.6 is 11.3 Å². The van der Waals surface area contributed by atoms with Crippen molar-refractivity contribution in [3.63, 3.8) is 0 Å². The first-order valence-corrected chi connectivity index (χ1v) is 9.55. The van der Waals surface area contributed by atoms with Gasteiger partial charge in [0.05, 0.1) is 10.9 Å². The van der Waals surface area contributed by atoms with Gasteiger partial charge in [0.2, 0.25) is 11.7 Å². The van der Waals surface area contributed by atoms with E-state index in [0.29, 0.717) is 11.7 Å². The molecule has 1 unspecified atom stereocenters. The highest BCUT2D eigenvalue weighted by atomic mass is 32.1. The molecule has 0 saturated carbocycles. The highest BCUT2D eigenvalue weighted by Crippen LogP contribution is 2.26. The molecule has 1 saturated heterocycles. The van der Waals surface area contributed by atoms with Gasteiger partial charge in [-0.15, -0.1) is 11.3 Å². The van der Waals surface area contributed by atoms with E-state index in [2.05, 4.69) is 57.2 Å². The van der Waals surface area contributed by atoms with Gasteiger partial charge in [0.1, 0.15) is 0 Å². The molecule has 6 heteroatoms. The molecule has 3 aromatic rings. The number of benzene rings is 1. The van der Waals surface area contributed by atoms with Crippen LogP contribution in [0.5, 0.6) is 0 Å². The Hall–Kier alpha value is -2.02. The standard InChI is InChI=1S/C19H22N4OS/c1-15(19-20-18(21-24-19)17-8-5-13-25-17)23-11-9-22(10-12-23)14-16-6-3-2-4-7-16/h2-8,13,15H,9-12,14H2,1H3. The number of thiophene rings is 1. The maximum absolute atomic E-state index is 5.52. The van der Waals surface area contributed by atoms with Gasteiger partial charge in [-0.3, -0.25) is 9.80 Å². The van der Waals surface area contributed by atoms with E-state index < -0.39 is 0 Å². The topological polar surface area (TPSA) is 45.4 Å². The molecule has 1 aromatic carbocycles. The van der Waals surface area contributed by atoms with Crippen molar-refractivity contribution in [1.82, 2.24) is 19.9 Å². The summed E-state index contributed by atoms with van der Waals surface area (Å²) in [4.78, 5) is 10.6. The lowest BCUT2D eigenvalue weighted by atomic mass is 10.2. The largest absolute Gasteiger partial charge is 0.337 e. The predicted octanol–water partition coefficient (Wildman–Crippen LogP) is 3.68. The molecular formula is C19H22N4OS. The fourth-order valence-corrected chi connectivity index (χ4v) is 3.87. The number of hydrogen-bond acceptors (Lipinski definition) is 6. The molecule has 130 valence electrons. The summed E-state index contributed by atoms with van der Waals surface area (Å²) >= 11 is 1.63. The van der Waals surface area contributed by atoms with Crippen LogP contribution in [0.4, 0.5) is 0 Å². The average molecular weight is 354 g/mol. The van der Waals surface area contributed by atoms with E-state index in [0.717, 1.165) is 37.6 Å². The van der Waals surface area contributed by atoms with E-state index in [1.807, 2.05) is 17.5 Å². The van der Waals surface area contributed by atoms with Gasteiger partial charge < -0.3 is 4.52 Å². The maximum atomic E-state index is 5.52. The van der Waals surface area contributed by atoms with Crippen molar-refractivity contribution in [3.8, 4) is 10.7 Å². The molecule has 5 nitrogen and oxygen atoms in total. The first kappa shape index (κ1) is 16.4. The Bertz CT molecular complexity index is 779. The van der Waals surface area contributed by atoms with Crippen LogP contribution in [-0.2, 0) is 6.54 Å². The van der Waals surface area contributed by atoms with Crippen LogP contribution in [0, 0.1) is 0 Å². The van der Waals surface area contributed by atoms with Crippen molar-refractivity contribution < 1.29 is 4.52 Å². The van der Waals surface area contributed by atoms with E-state index in [4.69, 9.17) is 4.52 Å². The van der Waals surface area contributed by atoms with Crippen molar-refractivity contribution in [3.05, 3.63) is 59.3 Å². The Morgan fingerprint density at radius 1 is 1.08 bits per heavy atom. The zero-order chi connectivity index (χ0) is 17.1. The zero-order valence-corrected chi connectivity index (χ0v) is 15.2. The summed E-state index contributed by atoms with van der Waals surface area (Å²) in [6.45, 7) is 7.33. The molecule has 0 radical (unpaired) electrons. The zero-order valence-electron chi connectivity index (χ0n) is 14.3. The molecule has 0 spiro atoms. The van der Waals surface area contributed by atoms with Crippen LogP contribution in [0.3, 0.4) is 0 Å². The maximum Gasteiger partial charge on any atom is 0.244 e. The molecule has 1 fully saturated rings. The number of rotatable bonds is 5. The van der Waals surface area contributed by atoms with Gasteiger partial charge in [0.25, 0.3) is 0 Å².